The summed E-state index contributed by atoms with van der Waals surface area (Å²) in [7, 11) is 4.78. The van der Waals surface area contributed by atoms with Crippen molar-refractivity contribution in [2.75, 3.05) is 19.4 Å². The second kappa shape index (κ2) is 7.35. The molecule has 0 spiro atoms. The molecule has 0 atom stereocenters. The minimum absolute atomic E-state index is 0.139. The van der Waals surface area contributed by atoms with Crippen LogP contribution in [0, 0.1) is 5.95 Å². The third-order valence-electron chi connectivity index (χ3n) is 4.33. The summed E-state index contributed by atoms with van der Waals surface area (Å²) in [6.07, 6.45) is 2.97. The number of rotatable bonds is 4. The predicted molar refractivity (Wildman–Crippen MR) is 105 cm³/mol. The van der Waals surface area contributed by atoms with Crippen molar-refractivity contribution >= 4 is 23.1 Å². The number of amides is 2. The van der Waals surface area contributed by atoms with E-state index in [-0.39, 0.29) is 23.0 Å². The maximum atomic E-state index is 13.4. The van der Waals surface area contributed by atoms with Gasteiger partial charge in [0, 0.05) is 39.1 Å². The number of nitrogens with one attached hydrogen (secondary N) is 1. The van der Waals surface area contributed by atoms with E-state index in [2.05, 4.69) is 25.5 Å². The van der Waals surface area contributed by atoms with Crippen LogP contribution in [-0.4, -0.2) is 60.2 Å². The molecular formula is C19H17FN8O2. The number of aryl methyl sites for hydroxylation is 1. The first kappa shape index (κ1) is 19.2. The topological polar surface area (TPSA) is 110 Å². The van der Waals surface area contributed by atoms with Crippen LogP contribution < -0.4 is 5.32 Å². The molecule has 0 aliphatic carbocycles. The number of fused-ring (bicyclic) bond motifs is 1. The molecule has 0 saturated heterocycles. The van der Waals surface area contributed by atoms with Crippen molar-refractivity contribution in [3.05, 3.63) is 59.9 Å². The Balaban J connectivity index is 1.63. The zero-order chi connectivity index (χ0) is 21.4. The third-order valence-corrected chi connectivity index (χ3v) is 4.33. The maximum Gasteiger partial charge on any atom is 0.274 e. The number of carbonyl (C=O) groups excluding carboxylic acids is 2. The van der Waals surface area contributed by atoms with Crippen LogP contribution in [0.3, 0.4) is 0 Å². The Morgan fingerprint density at radius 1 is 1.17 bits per heavy atom. The van der Waals surface area contributed by atoms with Gasteiger partial charge in [-0.1, -0.05) is 6.07 Å². The highest BCUT2D eigenvalue weighted by Gasteiger charge is 2.23. The SMILES string of the molecule is CN(C)C(=O)c1cnn(C)c1C(=O)Nc1ccn2nc(-c3cccc(F)n3)nc2c1. The van der Waals surface area contributed by atoms with Gasteiger partial charge < -0.3 is 10.2 Å². The Hall–Kier alpha value is -4.15. The molecule has 11 heteroatoms. The molecule has 0 saturated carbocycles. The Morgan fingerprint density at radius 2 is 1.97 bits per heavy atom. The molecule has 0 aliphatic heterocycles. The lowest BCUT2D eigenvalue weighted by Gasteiger charge is -2.11. The lowest BCUT2D eigenvalue weighted by molar-refractivity contribution is 0.0821. The summed E-state index contributed by atoms with van der Waals surface area (Å²) >= 11 is 0. The monoisotopic (exact) mass is 408 g/mol. The summed E-state index contributed by atoms with van der Waals surface area (Å²) < 4.78 is 16.2. The summed E-state index contributed by atoms with van der Waals surface area (Å²) in [6, 6.07) is 7.60. The van der Waals surface area contributed by atoms with E-state index in [0.29, 0.717) is 17.0 Å². The van der Waals surface area contributed by atoms with Gasteiger partial charge in [0.2, 0.25) is 11.8 Å². The highest BCUT2D eigenvalue weighted by molar-refractivity contribution is 6.11. The zero-order valence-corrected chi connectivity index (χ0v) is 16.4. The molecule has 0 aliphatic rings. The maximum absolute atomic E-state index is 13.4. The van der Waals surface area contributed by atoms with Crippen molar-refractivity contribution < 1.29 is 14.0 Å². The van der Waals surface area contributed by atoms with Gasteiger partial charge in [-0.15, -0.1) is 5.10 Å². The highest BCUT2D eigenvalue weighted by Crippen LogP contribution is 2.18. The Bertz CT molecular complexity index is 1280. The number of anilines is 1. The predicted octanol–water partition coefficient (Wildman–Crippen LogP) is 1.62. The Morgan fingerprint density at radius 3 is 2.70 bits per heavy atom. The van der Waals surface area contributed by atoms with Gasteiger partial charge in [0.05, 0.1) is 11.8 Å². The largest absolute Gasteiger partial charge is 0.345 e. The normalized spacial score (nSPS) is 10.9. The highest BCUT2D eigenvalue weighted by atomic mass is 19.1. The first-order valence-corrected chi connectivity index (χ1v) is 8.88. The molecule has 30 heavy (non-hydrogen) atoms. The van der Waals surface area contributed by atoms with Crippen molar-refractivity contribution in [1.82, 2.24) is 34.3 Å². The minimum Gasteiger partial charge on any atom is -0.345 e. The molecule has 152 valence electrons. The number of nitrogens with zero attached hydrogens (tertiary/aromatic N) is 7. The van der Waals surface area contributed by atoms with Gasteiger partial charge in [-0.2, -0.15) is 9.49 Å². The summed E-state index contributed by atoms with van der Waals surface area (Å²) in [5, 5.41) is 11.0. The summed E-state index contributed by atoms with van der Waals surface area (Å²) in [5.41, 5.74) is 1.51. The van der Waals surface area contributed by atoms with E-state index in [0.717, 1.165) is 0 Å². The van der Waals surface area contributed by atoms with Crippen molar-refractivity contribution in [2.45, 2.75) is 0 Å². The second-order valence-corrected chi connectivity index (χ2v) is 6.68. The van der Waals surface area contributed by atoms with Crippen LogP contribution in [0.5, 0.6) is 0 Å². The molecule has 0 aromatic carbocycles. The van der Waals surface area contributed by atoms with E-state index in [1.54, 1.807) is 45.5 Å². The van der Waals surface area contributed by atoms with Crippen LogP contribution in [0.1, 0.15) is 20.8 Å². The quantitative estimate of drug-likeness (QED) is 0.514. The molecule has 10 nitrogen and oxygen atoms in total. The number of pyridine rings is 2. The van der Waals surface area contributed by atoms with E-state index in [1.165, 1.54) is 32.4 Å². The fourth-order valence-electron chi connectivity index (χ4n) is 2.90. The van der Waals surface area contributed by atoms with E-state index in [4.69, 9.17) is 0 Å². The number of hydrogen-bond donors (Lipinski definition) is 1. The average molecular weight is 408 g/mol. The summed E-state index contributed by atoms with van der Waals surface area (Å²) in [4.78, 5) is 34.6. The number of carbonyl (C=O) groups is 2. The van der Waals surface area contributed by atoms with Crippen LogP contribution in [0.4, 0.5) is 10.1 Å². The first-order chi connectivity index (χ1) is 14.3. The molecule has 0 fully saturated rings. The van der Waals surface area contributed by atoms with Crippen LogP contribution in [0.2, 0.25) is 0 Å². The third kappa shape index (κ3) is 3.48. The molecule has 0 bridgehead atoms. The van der Waals surface area contributed by atoms with Gasteiger partial charge in [-0.3, -0.25) is 14.3 Å². The fraction of sp³-hybridized carbons (Fsp3) is 0.158. The summed E-state index contributed by atoms with van der Waals surface area (Å²) in [6.45, 7) is 0. The molecular weight excluding hydrogens is 391 g/mol. The van der Waals surface area contributed by atoms with Gasteiger partial charge in [0.1, 0.15) is 11.4 Å². The van der Waals surface area contributed by atoms with Crippen LogP contribution >= 0.6 is 0 Å². The number of halogens is 1. The Kier molecular flexibility index (Phi) is 4.70. The average Bonchev–Trinajstić information content (AvgIpc) is 3.30. The molecule has 4 rings (SSSR count). The number of aromatic nitrogens is 6. The van der Waals surface area contributed by atoms with Gasteiger partial charge in [0.15, 0.2) is 5.65 Å². The van der Waals surface area contributed by atoms with Gasteiger partial charge in [0.25, 0.3) is 11.8 Å². The smallest absolute Gasteiger partial charge is 0.274 e. The lowest BCUT2D eigenvalue weighted by Crippen LogP contribution is -2.26. The van der Waals surface area contributed by atoms with E-state index in [9.17, 15) is 14.0 Å². The molecule has 0 unspecified atom stereocenters. The molecule has 4 aromatic rings. The van der Waals surface area contributed by atoms with E-state index in [1.807, 2.05) is 0 Å². The molecule has 2 amide bonds. The van der Waals surface area contributed by atoms with Gasteiger partial charge in [-0.25, -0.2) is 14.5 Å². The molecule has 1 N–H and O–H groups in total. The Labute approximate surface area is 170 Å². The molecule has 4 aromatic heterocycles. The fourth-order valence-corrected chi connectivity index (χ4v) is 2.90. The molecule has 0 radical (unpaired) electrons. The van der Waals surface area contributed by atoms with E-state index >= 15 is 0 Å². The van der Waals surface area contributed by atoms with Crippen molar-refractivity contribution in [2.24, 2.45) is 7.05 Å². The minimum atomic E-state index is -0.626. The van der Waals surface area contributed by atoms with Crippen LogP contribution in [-0.2, 0) is 7.05 Å². The van der Waals surface area contributed by atoms with Crippen LogP contribution in [0.15, 0.2) is 42.7 Å². The summed E-state index contributed by atoms with van der Waals surface area (Å²) in [5.74, 6) is -1.19. The van der Waals surface area contributed by atoms with E-state index < -0.39 is 11.9 Å². The second-order valence-electron chi connectivity index (χ2n) is 6.68. The van der Waals surface area contributed by atoms with Crippen LogP contribution in [0.25, 0.3) is 17.2 Å². The number of hydrogen-bond acceptors (Lipinski definition) is 6. The first-order valence-electron chi connectivity index (χ1n) is 8.88. The van der Waals surface area contributed by atoms with Crippen molar-refractivity contribution in [3.63, 3.8) is 0 Å². The molecule has 4 heterocycles. The van der Waals surface area contributed by atoms with Crippen molar-refractivity contribution in [1.29, 1.82) is 0 Å². The van der Waals surface area contributed by atoms with Crippen molar-refractivity contribution in [3.8, 4) is 11.5 Å². The standard InChI is InChI=1S/C19H17FN8O2/c1-26(2)19(30)12-10-21-27(3)16(12)18(29)22-11-7-8-28-15(9-11)24-17(25-28)13-5-4-6-14(20)23-13/h4-10H,1-3H3,(H,22,29). The van der Waals surface area contributed by atoms with Gasteiger partial charge in [-0.05, 0) is 18.2 Å². The lowest BCUT2D eigenvalue weighted by atomic mass is 10.2. The zero-order valence-electron chi connectivity index (χ0n) is 16.4. The van der Waals surface area contributed by atoms with Gasteiger partial charge >= 0.3 is 0 Å².